The molecule has 68 heavy (non-hydrogen) atoms. The zero-order valence-corrected chi connectivity index (χ0v) is 40.3. The maximum atomic E-state index is 13.1. The molecule has 0 fully saturated rings. The molecule has 1 amide bonds. The van der Waals surface area contributed by atoms with Gasteiger partial charge in [-0.15, -0.1) is 0 Å². The number of esters is 3. The van der Waals surface area contributed by atoms with Crippen LogP contribution in [0.2, 0.25) is 0 Å². The van der Waals surface area contributed by atoms with Crippen LogP contribution in [0.5, 0.6) is 28.7 Å². The molecule has 0 radical (unpaired) electrons. The van der Waals surface area contributed by atoms with E-state index < -0.39 is 23.8 Å². The number of anilines is 1. The summed E-state index contributed by atoms with van der Waals surface area (Å²) in [5, 5.41) is 2.79. The van der Waals surface area contributed by atoms with E-state index in [9.17, 15) is 19.2 Å². The van der Waals surface area contributed by atoms with Gasteiger partial charge in [0.1, 0.15) is 28.7 Å². The molecule has 0 atom stereocenters. The zero-order chi connectivity index (χ0) is 48.0. The summed E-state index contributed by atoms with van der Waals surface area (Å²) in [6.45, 7) is 5.79. The van der Waals surface area contributed by atoms with Crippen molar-refractivity contribution >= 4 is 29.5 Å². The van der Waals surface area contributed by atoms with Crippen molar-refractivity contribution in [2.24, 2.45) is 0 Å². The molecular weight excluding hydrogens is 855 g/mol. The van der Waals surface area contributed by atoms with Gasteiger partial charge in [-0.3, -0.25) is 4.79 Å². The number of hydrogen-bond acceptors (Lipinski definition) is 9. The van der Waals surface area contributed by atoms with Gasteiger partial charge in [-0.2, -0.15) is 0 Å². The van der Waals surface area contributed by atoms with Crippen LogP contribution in [-0.4, -0.2) is 37.0 Å². The lowest BCUT2D eigenvalue weighted by Crippen LogP contribution is -2.14. The molecule has 0 bridgehead atoms. The van der Waals surface area contributed by atoms with Crippen molar-refractivity contribution in [3.8, 4) is 28.7 Å². The molecule has 0 aliphatic rings. The summed E-state index contributed by atoms with van der Waals surface area (Å²) in [4.78, 5) is 51.8. The Kier molecular flexibility index (Phi) is 23.8. The maximum Gasteiger partial charge on any atom is 0.343 e. The molecule has 0 heterocycles. The second-order valence-electron chi connectivity index (χ2n) is 17.3. The molecule has 1 N–H and O–H groups in total. The van der Waals surface area contributed by atoms with Gasteiger partial charge in [0.2, 0.25) is 0 Å². The summed E-state index contributed by atoms with van der Waals surface area (Å²) >= 11 is 0. The fourth-order valence-electron chi connectivity index (χ4n) is 7.61. The number of amides is 1. The molecule has 10 heteroatoms. The molecule has 10 nitrogen and oxygen atoms in total. The Bertz CT molecular complexity index is 2080. The van der Waals surface area contributed by atoms with Crippen molar-refractivity contribution in [1.82, 2.24) is 0 Å². The predicted octanol–water partition coefficient (Wildman–Crippen LogP) is 15.2. The third-order valence-electron chi connectivity index (χ3n) is 11.6. The van der Waals surface area contributed by atoms with E-state index in [1.807, 2.05) is 0 Å². The third-order valence-corrected chi connectivity index (χ3v) is 11.6. The smallest absolute Gasteiger partial charge is 0.343 e. The highest BCUT2D eigenvalue weighted by Crippen LogP contribution is 2.24. The van der Waals surface area contributed by atoms with Crippen molar-refractivity contribution in [1.29, 1.82) is 0 Å². The standard InChI is InChI=1S/C58H71NO9/c1-3-5-7-9-11-13-15-17-19-21-42-64-50-34-38-52(39-35-50)66-56(61)46-28-26-45(27-29-46)55(60)59-49-24-23-25-54(44-49)68-58(63)48-32-30-47(31-33-48)57(62)67-53-40-36-51(37-41-53)65-43-22-20-18-16-14-12-10-8-6-4-2/h23-41,44H,3-22,42-43H2,1-2H3,(H,59,60). The minimum atomic E-state index is -0.645. The molecule has 0 aliphatic carbocycles. The van der Waals surface area contributed by atoms with E-state index in [2.05, 4.69) is 19.2 Å². The molecule has 0 aromatic heterocycles. The van der Waals surface area contributed by atoms with Gasteiger partial charge in [0.15, 0.2) is 0 Å². The first kappa shape index (κ1) is 52.5. The number of carbonyl (C=O) groups is 4. The summed E-state index contributed by atoms with van der Waals surface area (Å²) in [6, 6.07) is 32.4. The van der Waals surface area contributed by atoms with E-state index in [1.54, 1.807) is 66.7 Å². The van der Waals surface area contributed by atoms with Crippen LogP contribution < -0.4 is 29.0 Å². The number of ether oxygens (including phenoxy) is 5. The Morgan fingerprint density at radius 2 is 0.676 bits per heavy atom. The van der Waals surface area contributed by atoms with E-state index in [-0.39, 0.29) is 22.4 Å². The van der Waals surface area contributed by atoms with Crippen molar-refractivity contribution in [3.63, 3.8) is 0 Å². The number of rotatable bonds is 32. The number of hydrogen-bond donors (Lipinski definition) is 1. The summed E-state index contributed by atoms with van der Waals surface area (Å²) < 4.78 is 28.4. The first-order valence-corrected chi connectivity index (χ1v) is 25.0. The van der Waals surface area contributed by atoms with Crippen LogP contribution in [0.1, 0.15) is 184 Å². The highest BCUT2D eigenvalue weighted by Gasteiger charge is 2.15. The van der Waals surface area contributed by atoms with Crippen LogP contribution in [0, 0.1) is 0 Å². The van der Waals surface area contributed by atoms with E-state index in [4.69, 9.17) is 23.7 Å². The number of nitrogens with one attached hydrogen (secondary N) is 1. The first-order valence-electron chi connectivity index (χ1n) is 25.0. The molecule has 0 saturated carbocycles. The van der Waals surface area contributed by atoms with Gasteiger partial charge in [0, 0.05) is 17.3 Å². The molecule has 0 aliphatic heterocycles. The molecule has 362 valence electrons. The highest BCUT2D eigenvalue weighted by atomic mass is 16.5. The largest absolute Gasteiger partial charge is 0.494 e. The monoisotopic (exact) mass is 926 g/mol. The van der Waals surface area contributed by atoms with Crippen LogP contribution in [-0.2, 0) is 0 Å². The number of benzene rings is 5. The molecule has 5 aromatic rings. The normalized spacial score (nSPS) is 10.9. The summed E-state index contributed by atoms with van der Waals surface area (Å²) in [7, 11) is 0. The number of carbonyl (C=O) groups excluding carboxylic acids is 4. The van der Waals surface area contributed by atoms with Crippen LogP contribution >= 0.6 is 0 Å². The van der Waals surface area contributed by atoms with E-state index in [0.717, 1.165) is 37.2 Å². The van der Waals surface area contributed by atoms with Crippen molar-refractivity contribution in [3.05, 3.63) is 144 Å². The lowest BCUT2D eigenvalue weighted by atomic mass is 10.1. The average molecular weight is 926 g/mol. The molecule has 0 saturated heterocycles. The Morgan fingerprint density at radius 1 is 0.353 bits per heavy atom. The Morgan fingerprint density at radius 3 is 1.06 bits per heavy atom. The second-order valence-corrected chi connectivity index (χ2v) is 17.3. The minimum absolute atomic E-state index is 0.207. The molecule has 5 rings (SSSR count). The van der Waals surface area contributed by atoms with E-state index in [0.29, 0.717) is 36.0 Å². The lowest BCUT2D eigenvalue weighted by molar-refractivity contribution is 0.0720. The molecule has 5 aromatic carbocycles. The van der Waals surface area contributed by atoms with Gasteiger partial charge in [0.05, 0.1) is 29.9 Å². The van der Waals surface area contributed by atoms with Crippen molar-refractivity contribution in [2.45, 2.75) is 142 Å². The fourth-order valence-corrected chi connectivity index (χ4v) is 7.61. The van der Waals surface area contributed by atoms with Gasteiger partial charge in [-0.25, -0.2) is 14.4 Å². The van der Waals surface area contributed by atoms with Crippen LogP contribution in [0.25, 0.3) is 0 Å². The molecule has 0 spiro atoms. The van der Waals surface area contributed by atoms with E-state index >= 15 is 0 Å². The Hall–Kier alpha value is -6.42. The summed E-state index contributed by atoms with van der Waals surface area (Å²) in [5.74, 6) is 0.236. The van der Waals surface area contributed by atoms with Gasteiger partial charge in [-0.05, 0) is 122 Å². The topological polar surface area (TPSA) is 126 Å². The van der Waals surface area contributed by atoms with Crippen LogP contribution in [0.3, 0.4) is 0 Å². The van der Waals surface area contributed by atoms with Gasteiger partial charge in [0.25, 0.3) is 5.91 Å². The third kappa shape index (κ3) is 19.8. The predicted molar refractivity (Wildman–Crippen MR) is 270 cm³/mol. The quantitative estimate of drug-likeness (QED) is 0.0255. The summed E-state index contributed by atoms with van der Waals surface area (Å²) in [5.41, 5.74) is 1.48. The second kappa shape index (κ2) is 30.8. The first-order chi connectivity index (χ1) is 33.3. The zero-order valence-electron chi connectivity index (χ0n) is 40.3. The van der Waals surface area contributed by atoms with E-state index in [1.165, 1.54) is 157 Å². The molecule has 0 unspecified atom stereocenters. The van der Waals surface area contributed by atoms with Crippen molar-refractivity contribution < 1.29 is 42.9 Å². The Balaban J connectivity index is 0.975. The SMILES string of the molecule is CCCCCCCCCCCCOc1ccc(OC(=O)c2ccc(C(=O)Nc3cccc(OC(=O)c4ccc(C(=O)Oc5ccc(OCCCCCCCCCCCC)cc5)cc4)c3)cc2)cc1. The Labute approximate surface area is 404 Å². The number of unbranched alkanes of at least 4 members (excludes halogenated alkanes) is 18. The molecular formula is C58H71NO9. The van der Waals surface area contributed by atoms with Crippen LogP contribution in [0.4, 0.5) is 5.69 Å². The summed E-state index contributed by atoms with van der Waals surface area (Å²) in [6.07, 6.45) is 25.4. The average Bonchev–Trinajstić information content (AvgIpc) is 3.36. The van der Waals surface area contributed by atoms with Gasteiger partial charge < -0.3 is 29.0 Å². The minimum Gasteiger partial charge on any atom is -0.494 e. The fraction of sp³-hybridized carbons (Fsp3) is 0.414. The van der Waals surface area contributed by atoms with Gasteiger partial charge >= 0.3 is 17.9 Å². The maximum absolute atomic E-state index is 13.1. The highest BCUT2D eigenvalue weighted by molar-refractivity contribution is 6.05. The van der Waals surface area contributed by atoms with Crippen LogP contribution in [0.15, 0.2) is 121 Å². The lowest BCUT2D eigenvalue weighted by Gasteiger charge is -2.10. The van der Waals surface area contributed by atoms with Gasteiger partial charge in [-0.1, -0.05) is 135 Å². The van der Waals surface area contributed by atoms with Crippen molar-refractivity contribution in [2.75, 3.05) is 18.5 Å².